The van der Waals surface area contributed by atoms with Crippen molar-refractivity contribution in [2.45, 2.75) is 87.7 Å². The van der Waals surface area contributed by atoms with Gasteiger partial charge in [0.25, 0.3) is 5.91 Å². The maximum Gasteiger partial charge on any atom is 0.338 e. The summed E-state index contributed by atoms with van der Waals surface area (Å²) >= 11 is 13.1. The number of thioether (sulfide) groups is 1. The second-order valence-corrected chi connectivity index (χ2v) is 14.6. The zero-order valence-electron chi connectivity index (χ0n) is 24.1. The van der Waals surface area contributed by atoms with Crippen LogP contribution >= 0.6 is 35.6 Å². The van der Waals surface area contributed by atoms with Crippen LogP contribution in [0.4, 0.5) is 0 Å². The number of halogens is 1. The van der Waals surface area contributed by atoms with Gasteiger partial charge >= 0.3 is 5.97 Å². The zero-order chi connectivity index (χ0) is 31.2. The molecule has 4 fully saturated rings. The maximum atomic E-state index is 13.6. The van der Waals surface area contributed by atoms with E-state index in [9.17, 15) is 30.0 Å². The Hall–Kier alpha value is -2.25. The highest BCUT2D eigenvalue weighted by atomic mass is 35.5. The predicted octanol–water partition coefficient (Wildman–Crippen LogP) is 4.46. The highest BCUT2D eigenvalue weighted by molar-refractivity contribution is 8.26. The van der Waals surface area contributed by atoms with Gasteiger partial charge in [0.1, 0.15) is 21.9 Å². The van der Waals surface area contributed by atoms with Gasteiger partial charge in [-0.05, 0) is 86.3 Å². The molecule has 9 nitrogen and oxygen atoms in total. The van der Waals surface area contributed by atoms with Crippen molar-refractivity contribution >= 4 is 57.9 Å². The normalized spacial score (nSPS) is 32.7. The summed E-state index contributed by atoms with van der Waals surface area (Å²) in [5.41, 5.74) is -0.334. The van der Waals surface area contributed by atoms with Gasteiger partial charge in [0, 0.05) is 35.5 Å². The van der Waals surface area contributed by atoms with Crippen molar-refractivity contribution < 1.29 is 39.2 Å². The van der Waals surface area contributed by atoms with Gasteiger partial charge in [0.2, 0.25) is 0 Å². The van der Waals surface area contributed by atoms with Crippen molar-refractivity contribution in [1.82, 2.24) is 4.90 Å². The Bertz CT molecular complexity index is 1450. The Labute approximate surface area is 270 Å². The average Bonchev–Trinajstić information content (AvgIpc) is 3.77. The molecule has 44 heavy (non-hydrogen) atoms. The Morgan fingerprint density at radius 2 is 1.86 bits per heavy atom. The van der Waals surface area contributed by atoms with Crippen LogP contribution in [0.15, 0.2) is 39.7 Å². The molecule has 2 bridgehead atoms. The number of hydrogen-bond acceptors (Lipinski definition) is 10. The smallest absolute Gasteiger partial charge is 0.338 e. The molecule has 12 heteroatoms. The number of esters is 1. The van der Waals surface area contributed by atoms with E-state index in [4.69, 9.17) is 33.0 Å². The Balaban J connectivity index is 1.13. The van der Waals surface area contributed by atoms with Gasteiger partial charge < -0.3 is 29.6 Å². The molecule has 236 valence electrons. The SMILES string of the molecule is O=C1/C(=C/c2oc(-c3ccc(Cl)cc3)cc2CCCCOC(=O)[C@]2(O)C[C@@H](O)[C@@H](O)[C@H](O)C2)SC(=S)N1C1CC2CCC1C2. The fourth-order valence-corrected chi connectivity index (χ4v) is 8.56. The van der Waals surface area contributed by atoms with Gasteiger partial charge in [-0.1, -0.05) is 42.0 Å². The third kappa shape index (κ3) is 6.38. The number of aryl methyl sites for hydroxylation is 1. The van der Waals surface area contributed by atoms with Gasteiger partial charge in [-0.2, -0.15) is 0 Å². The summed E-state index contributed by atoms with van der Waals surface area (Å²) in [6.07, 6.45) is 2.92. The van der Waals surface area contributed by atoms with E-state index in [-0.39, 0.29) is 18.6 Å². The van der Waals surface area contributed by atoms with Crippen molar-refractivity contribution in [3.05, 3.63) is 51.6 Å². The summed E-state index contributed by atoms with van der Waals surface area (Å²) in [5, 5.41) is 40.7. The third-order valence-corrected chi connectivity index (χ3v) is 11.0. The lowest BCUT2D eigenvalue weighted by molar-refractivity contribution is -0.192. The summed E-state index contributed by atoms with van der Waals surface area (Å²) in [5.74, 6) is 1.41. The molecule has 3 unspecified atom stereocenters. The number of aliphatic hydroxyl groups is 4. The predicted molar refractivity (Wildman–Crippen MR) is 170 cm³/mol. The molecule has 5 atom stereocenters. The van der Waals surface area contributed by atoms with Crippen LogP contribution in [0.2, 0.25) is 5.02 Å². The van der Waals surface area contributed by atoms with E-state index < -0.39 is 42.7 Å². The lowest BCUT2D eigenvalue weighted by Gasteiger charge is -2.38. The number of rotatable bonds is 9. The van der Waals surface area contributed by atoms with Gasteiger partial charge in [-0.25, -0.2) is 4.79 Å². The number of carbonyl (C=O) groups excluding carboxylic acids is 2. The van der Waals surface area contributed by atoms with Crippen LogP contribution in [0.1, 0.15) is 62.7 Å². The van der Waals surface area contributed by atoms with Crippen LogP contribution in [0.5, 0.6) is 0 Å². The van der Waals surface area contributed by atoms with E-state index in [1.54, 1.807) is 18.2 Å². The van der Waals surface area contributed by atoms with Crippen LogP contribution in [0, 0.1) is 11.8 Å². The fraction of sp³-hybridized carbons (Fsp3) is 0.531. The number of furan rings is 1. The lowest BCUT2D eigenvalue weighted by Crippen LogP contribution is -2.56. The monoisotopic (exact) mass is 661 g/mol. The van der Waals surface area contributed by atoms with Crippen molar-refractivity contribution in [3.8, 4) is 11.3 Å². The molecule has 2 aromatic rings. The largest absolute Gasteiger partial charge is 0.464 e. The number of benzene rings is 1. The van der Waals surface area contributed by atoms with E-state index in [0.29, 0.717) is 56.9 Å². The minimum Gasteiger partial charge on any atom is -0.464 e. The number of unbranched alkanes of at least 4 members (excludes halogenated alkanes) is 1. The zero-order valence-corrected chi connectivity index (χ0v) is 26.5. The number of thiocarbonyl (C=S) groups is 1. The maximum absolute atomic E-state index is 13.6. The molecular weight excluding hydrogens is 626 g/mol. The van der Waals surface area contributed by atoms with Crippen molar-refractivity contribution in [1.29, 1.82) is 0 Å². The quantitative estimate of drug-likeness (QED) is 0.132. The average molecular weight is 662 g/mol. The molecule has 3 saturated carbocycles. The second-order valence-electron chi connectivity index (χ2n) is 12.5. The van der Waals surface area contributed by atoms with E-state index in [2.05, 4.69) is 0 Å². The van der Waals surface area contributed by atoms with Crippen molar-refractivity contribution in [2.75, 3.05) is 6.61 Å². The molecule has 3 aliphatic carbocycles. The van der Waals surface area contributed by atoms with Crippen LogP contribution in [-0.4, -0.2) is 78.1 Å². The summed E-state index contributed by atoms with van der Waals surface area (Å²) in [6.45, 7) is 0.0231. The van der Waals surface area contributed by atoms with Gasteiger partial charge in [0.05, 0.1) is 23.7 Å². The summed E-state index contributed by atoms with van der Waals surface area (Å²) in [6, 6.07) is 9.42. The number of fused-ring (bicyclic) bond motifs is 2. The number of ether oxygens (including phenoxy) is 1. The Kier molecular flexibility index (Phi) is 9.27. The first-order valence-corrected chi connectivity index (χ1v) is 16.7. The van der Waals surface area contributed by atoms with Crippen LogP contribution in [0.25, 0.3) is 17.4 Å². The minimum absolute atomic E-state index is 0.0231. The number of carbonyl (C=O) groups is 2. The first kappa shape index (κ1) is 31.7. The molecule has 1 saturated heterocycles. The van der Waals surface area contributed by atoms with E-state index in [1.165, 1.54) is 24.6 Å². The van der Waals surface area contributed by atoms with Gasteiger partial charge in [0.15, 0.2) is 5.60 Å². The van der Waals surface area contributed by atoms with Crippen LogP contribution in [-0.2, 0) is 20.7 Å². The summed E-state index contributed by atoms with van der Waals surface area (Å²) in [7, 11) is 0. The first-order chi connectivity index (χ1) is 21.0. The summed E-state index contributed by atoms with van der Waals surface area (Å²) in [4.78, 5) is 28.5. The molecule has 1 amide bonds. The standard InChI is InChI=1S/C32H36ClNO8S2/c33-21-8-6-18(7-9-21)25-13-20(3-1-2-10-41-30(39)32(40)15-23(35)28(37)24(36)16-32)26(42-25)14-27-29(38)34(31(43)44-27)22-12-17-4-5-19(22)11-17/h6-9,13-14,17,19,22-24,28,35-37,40H,1-5,10-12,15-16H2/b27-14-/t17?,19?,22?,23-,24-,28-,32+/m1/s1. The molecule has 1 aliphatic heterocycles. The fourth-order valence-electron chi connectivity index (χ4n) is 7.09. The highest BCUT2D eigenvalue weighted by Gasteiger charge is 2.50. The molecule has 2 heterocycles. The Morgan fingerprint density at radius 1 is 1.14 bits per heavy atom. The van der Waals surface area contributed by atoms with Gasteiger partial charge in [-0.3, -0.25) is 9.69 Å². The third-order valence-electron chi connectivity index (χ3n) is 9.42. The number of hydrogen-bond donors (Lipinski definition) is 4. The minimum atomic E-state index is -2.06. The molecular formula is C32H36ClNO8S2. The lowest BCUT2D eigenvalue weighted by atomic mass is 9.80. The van der Waals surface area contributed by atoms with Crippen LogP contribution < -0.4 is 0 Å². The topological polar surface area (TPSA) is 141 Å². The van der Waals surface area contributed by atoms with Crippen LogP contribution in [0.3, 0.4) is 0 Å². The van der Waals surface area contributed by atoms with E-state index >= 15 is 0 Å². The molecule has 1 aromatic heterocycles. The van der Waals surface area contributed by atoms with E-state index in [0.717, 1.165) is 24.0 Å². The van der Waals surface area contributed by atoms with Crippen molar-refractivity contribution in [3.63, 3.8) is 0 Å². The number of amides is 1. The molecule has 6 rings (SSSR count). The van der Waals surface area contributed by atoms with Crippen molar-refractivity contribution in [2.24, 2.45) is 11.8 Å². The van der Waals surface area contributed by atoms with Gasteiger partial charge in [-0.15, -0.1) is 0 Å². The molecule has 0 spiro atoms. The molecule has 1 aromatic carbocycles. The summed E-state index contributed by atoms with van der Waals surface area (Å²) < 4.78 is 12.2. The Morgan fingerprint density at radius 3 is 2.52 bits per heavy atom. The first-order valence-electron chi connectivity index (χ1n) is 15.1. The second kappa shape index (κ2) is 12.9. The highest BCUT2D eigenvalue weighted by Crippen LogP contribution is 2.49. The molecule has 4 aliphatic rings. The molecule has 4 N–H and O–H groups in total. The molecule has 0 radical (unpaired) electrons. The van der Waals surface area contributed by atoms with E-state index in [1.807, 2.05) is 23.1 Å². The number of aliphatic hydroxyl groups excluding tert-OH is 3. The number of nitrogens with zero attached hydrogens (tertiary/aromatic N) is 1.